The van der Waals surface area contributed by atoms with E-state index in [0.717, 1.165) is 37.2 Å². The number of halogens is 1. The molecule has 1 aromatic heterocycles. The molecule has 5 nitrogen and oxygen atoms in total. The van der Waals surface area contributed by atoms with Crippen LogP contribution in [0.5, 0.6) is 0 Å². The molecular weight excluding hydrogens is 355 g/mol. The molecule has 1 saturated heterocycles. The molecule has 1 fully saturated rings. The van der Waals surface area contributed by atoms with Gasteiger partial charge in [-0.1, -0.05) is 23.8 Å². The second kappa shape index (κ2) is 7.46. The molecule has 144 valence electrons. The number of rotatable bonds is 4. The Hall–Kier alpha value is -3.15. The van der Waals surface area contributed by atoms with Crippen LogP contribution in [0.4, 0.5) is 15.8 Å². The maximum atomic E-state index is 14.1. The average Bonchev–Trinajstić information content (AvgIpc) is 3.33. The monoisotopic (exact) mass is 378 g/mol. The van der Waals surface area contributed by atoms with Gasteiger partial charge in [-0.05, 0) is 51.0 Å². The van der Waals surface area contributed by atoms with E-state index in [-0.39, 0.29) is 11.7 Å². The number of carbonyl (C=O) groups excluding carboxylic acids is 1. The lowest BCUT2D eigenvalue weighted by molar-refractivity contribution is 0.102. The molecule has 0 atom stereocenters. The molecule has 3 aromatic rings. The third-order valence-electron chi connectivity index (χ3n) is 5.18. The summed E-state index contributed by atoms with van der Waals surface area (Å²) in [5.41, 5.74) is 4.25. The summed E-state index contributed by atoms with van der Waals surface area (Å²) in [5, 5.41) is 7.22. The van der Waals surface area contributed by atoms with Crippen molar-refractivity contribution in [3.8, 4) is 5.69 Å². The fourth-order valence-electron chi connectivity index (χ4n) is 3.65. The number of amides is 1. The van der Waals surface area contributed by atoms with Gasteiger partial charge in [0.15, 0.2) is 0 Å². The van der Waals surface area contributed by atoms with Crippen molar-refractivity contribution in [1.29, 1.82) is 0 Å². The van der Waals surface area contributed by atoms with Crippen molar-refractivity contribution in [1.82, 2.24) is 9.78 Å². The van der Waals surface area contributed by atoms with Crippen LogP contribution < -0.4 is 10.2 Å². The Kier molecular flexibility index (Phi) is 4.86. The molecule has 1 amide bonds. The SMILES string of the molecule is Cc1ccc(N2CCCC2)c(C(=O)Nc2cnn(-c3ccccc3F)c2C)c1. The maximum absolute atomic E-state index is 14.1. The first kappa shape index (κ1) is 18.2. The van der Waals surface area contributed by atoms with Gasteiger partial charge in [-0.3, -0.25) is 4.79 Å². The van der Waals surface area contributed by atoms with Crippen LogP contribution in [-0.4, -0.2) is 28.8 Å². The first-order chi connectivity index (χ1) is 13.5. The second-order valence-electron chi connectivity index (χ2n) is 7.18. The topological polar surface area (TPSA) is 50.2 Å². The van der Waals surface area contributed by atoms with Gasteiger partial charge in [0.2, 0.25) is 0 Å². The Bertz CT molecular complexity index is 1020. The molecule has 4 rings (SSSR count). The summed E-state index contributed by atoms with van der Waals surface area (Å²) in [6.45, 7) is 5.72. The van der Waals surface area contributed by atoms with Crippen molar-refractivity contribution < 1.29 is 9.18 Å². The molecule has 0 saturated carbocycles. The molecule has 1 aliphatic heterocycles. The number of anilines is 2. The molecule has 2 aromatic carbocycles. The zero-order chi connectivity index (χ0) is 19.7. The second-order valence-corrected chi connectivity index (χ2v) is 7.18. The van der Waals surface area contributed by atoms with Crippen LogP contribution in [0.25, 0.3) is 5.69 Å². The summed E-state index contributed by atoms with van der Waals surface area (Å²) in [7, 11) is 0. The fourth-order valence-corrected chi connectivity index (χ4v) is 3.65. The summed E-state index contributed by atoms with van der Waals surface area (Å²) in [6, 6.07) is 12.4. The number of nitrogens with one attached hydrogen (secondary N) is 1. The van der Waals surface area contributed by atoms with Crippen LogP contribution in [-0.2, 0) is 0 Å². The Morgan fingerprint density at radius 2 is 1.82 bits per heavy atom. The molecule has 0 unspecified atom stereocenters. The fraction of sp³-hybridized carbons (Fsp3) is 0.273. The third kappa shape index (κ3) is 3.38. The van der Waals surface area contributed by atoms with E-state index in [2.05, 4.69) is 15.3 Å². The minimum atomic E-state index is -0.360. The van der Waals surface area contributed by atoms with Crippen molar-refractivity contribution in [2.75, 3.05) is 23.3 Å². The quantitative estimate of drug-likeness (QED) is 0.728. The molecule has 0 spiro atoms. The molecule has 1 N–H and O–H groups in total. The van der Waals surface area contributed by atoms with E-state index in [1.807, 2.05) is 32.0 Å². The van der Waals surface area contributed by atoms with Crippen LogP contribution in [0.15, 0.2) is 48.7 Å². The van der Waals surface area contributed by atoms with Gasteiger partial charge in [-0.15, -0.1) is 0 Å². The van der Waals surface area contributed by atoms with Gasteiger partial charge in [0.05, 0.1) is 23.1 Å². The number of hydrogen-bond donors (Lipinski definition) is 1. The molecule has 0 aliphatic carbocycles. The van der Waals surface area contributed by atoms with Crippen molar-refractivity contribution in [2.45, 2.75) is 26.7 Å². The van der Waals surface area contributed by atoms with E-state index in [9.17, 15) is 9.18 Å². The summed E-state index contributed by atoms with van der Waals surface area (Å²) in [5.74, 6) is -0.539. The summed E-state index contributed by atoms with van der Waals surface area (Å²) >= 11 is 0. The molecule has 6 heteroatoms. The van der Waals surface area contributed by atoms with Gasteiger partial charge in [-0.25, -0.2) is 9.07 Å². The highest BCUT2D eigenvalue weighted by molar-refractivity contribution is 6.08. The number of nitrogens with zero attached hydrogens (tertiary/aromatic N) is 3. The van der Waals surface area contributed by atoms with Crippen molar-refractivity contribution in [3.05, 3.63) is 71.3 Å². The zero-order valence-corrected chi connectivity index (χ0v) is 16.1. The molecule has 0 bridgehead atoms. The lowest BCUT2D eigenvalue weighted by Gasteiger charge is -2.21. The number of aromatic nitrogens is 2. The third-order valence-corrected chi connectivity index (χ3v) is 5.18. The van der Waals surface area contributed by atoms with E-state index >= 15 is 0 Å². The summed E-state index contributed by atoms with van der Waals surface area (Å²) in [4.78, 5) is 15.3. The Balaban J connectivity index is 1.63. The van der Waals surface area contributed by atoms with E-state index < -0.39 is 0 Å². The maximum Gasteiger partial charge on any atom is 0.257 e. The largest absolute Gasteiger partial charge is 0.371 e. The number of para-hydroxylation sites is 1. The molecule has 1 aliphatic rings. The van der Waals surface area contributed by atoms with Crippen LogP contribution in [0.1, 0.15) is 34.5 Å². The number of hydrogen-bond acceptors (Lipinski definition) is 3. The van der Waals surface area contributed by atoms with Gasteiger partial charge in [0.25, 0.3) is 5.91 Å². The predicted molar refractivity (Wildman–Crippen MR) is 109 cm³/mol. The normalized spacial score (nSPS) is 13.8. The number of carbonyl (C=O) groups is 1. The van der Waals surface area contributed by atoms with Crippen LogP contribution >= 0.6 is 0 Å². The average molecular weight is 378 g/mol. The van der Waals surface area contributed by atoms with Crippen LogP contribution in [0, 0.1) is 19.7 Å². The number of aryl methyl sites for hydroxylation is 1. The predicted octanol–water partition coefficient (Wildman–Crippen LogP) is 4.48. The summed E-state index contributed by atoms with van der Waals surface area (Å²) < 4.78 is 15.6. The highest BCUT2D eigenvalue weighted by Gasteiger charge is 2.21. The first-order valence-electron chi connectivity index (χ1n) is 9.51. The number of benzene rings is 2. The summed E-state index contributed by atoms with van der Waals surface area (Å²) in [6.07, 6.45) is 3.85. The van der Waals surface area contributed by atoms with Crippen molar-refractivity contribution in [3.63, 3.8) is 0 Å². The van der Waals surface area contributed by atoms with E-state index in [1.165, 1.54) is 10.7 Å². The molecule has 28 heavy (non-hydrogen) atoms. The zero-order valence-electron chi connectivity index (χ0n) is 16.1. The minimum Gasteiger partial charge on any atom is -0.371 e. The molecule has 2 heterocycles. The Morgan fingerprint density at radius 3 is 2.57 bits per heavy atom. The lowest BCUT2D eigenvalue weighted by Crippen LogP contribution is -2.23. The molecular formula is C22H23FN4O. The lowest BCUT2D eigenvalue weighted by atomic mass is 10.1. The van der Waals surface area contributed by atoms with Crippen molar-refractivity contribution in [2.24, 2.45) is 0 Å². The smallest absolute Gasteiger partial charge is 0.257 e. The van der Waals surface area contributed by atoms with Gasteiger partial charge < -0.3 is 10.2 Å². The van der Waals surface area contributed by atoms with Gasteiger partial charge in [0.1, 0.15) is 11.5 Å². The van der Waals surface area contributed by atoms with Gasteiger partial charge in [-0.2, -0.15) is 5.10 Å². The highest BCUT2D eigenvalue weighted by atomic mass is 19.1. The Morgan fingerprint density at radius 1 is 1.07 bits per heavy atom. The molecule has 0 radical (unpaired) electrons. The van der Waals surface area contributed by atoms with Crippen LogP contribution in [0.3, 0.4) is 0 Å². The van der Waals surface area contributed by atoms with Crippen molar-refractivity contribution >= 4 is 17.3 Å². The van der Waals surface area contributed by atoms with E-state index in [0.29, 0.717) is 22.6 Å². The first-order valence-corrected chi connectivity index (χ1v) is 9.51. The Labute approximate surface area is 163 Å². The van der Waals surface area contributed by atoms with Gasteiger partial charge >= 0.3 is 0 Å². The van der Waals surface area contributed by atoms with E-state index in [1.54, 1.807) is 24.4 Å². The van der Waals surface area contributed by atoms with E-state index in [4.69, 9.17) is 0 Å². The van der Waals surface area contributed by atoms with Crippen LogP contribution in [0.2, 0.25) is 0 Å². The minimum absolute atomic E-state index is 0.179. The van der Waals surface area contributed by atoms with Gasteiger partial charge in [0, 0.05) is 18.8 Å². The highest BCUT2D eigenvalue weighted by Crippen LogP contribution is 2.27. The standard InChI is InChI=1S/C22H23FN4O/c1-15-9-10-20(26-11-5-6-12-26)17(13-15)22(28)25-19-14-24-27(16(19)2)21-8-4-3-7-18(21)23/h3-4,7-10,13-14H,5-6,11-12H2,1-2H3,(H,25,28).